The van der Waals surface area contributed by atoms with Crippen LogP contribution in [0.1, 0.15) is 6.42 Å². The number of esters is 1. The van der Waals surface area contributed by atoms with Crippen molar-refractivity contribution < 1.29 is 24.2 Å². The Kier molecular flexibility index (Phi) is 6.53. The number of carbonyl (C=O) groups is 2. The summed E-state index contributed by atoms with van der Waals surface area (Å²) < 4.78 is 9.04. The number of aliphatic carboxylic acids is 1. The third-order valence-corrected chi connectivity index (χ3v) is 1.11. The van der Waals surface area contributed by atoms with Crippen molar-refractivity contribution in [2.75, 3.05) is 20.3 Å². The molecule has 0 aromatic heterocycles. The van der Waals surface area contributed by atoms with Crippen LogP contribution < -0.4 is 0 Å². The van der Waals surface area contributed by atoms with E-state index >= 15 is 0 Å². The summed E-state index contributed by atoms with van der Waals surface area (Å²) in [7, 11) is 1.29. The van der Waals surface area contributed by atoms with E-state index in [2.05, 4.69) is 4.74 Å². The molecule has 0 bridgehead atoms. The number of carboxylic acid groups (broad SMARTS) is 1. The summed E-state index contributed by atoms with van der Waals surface area (Å²) in [4.78, 5) is 20.5. The SMILES string of the molecule is COC(=O)/C=C/CCOCC(=O)O. The van der Waals surface area contributed by atoms with Gasteiger partial charge in [0, 0.05) is 6.08 Å². The molecule has 1 N–H and O–H groups in total. The van der Waals surface area contributed by atoms with Gasteiger partial charge in [0.25, 0.3) is 0 Å². The highest BCUT2D eigenvalue weighted by atomic mass is 16.5. The molecule has 0 aliphatic carbocycles. The molecule has 0 amide bonds. The Balaban J connectivity index is 3.30. The lowest BCUT2D eigenvalue weighted by atomic mass is 10.4. The Hall–Kier alpha value is -1.36. The van der Waals surface area contributed by atoms with Crippen molar-refractivity contribution in [1.82, 2.24) is 0 Å². The molecule has 0 aliphatic heterocycles. The lowest BCUT2D eigenvalue weighted by molar-refractivity contribution is -0.142. The maximum atomic E-state index is 10.5. The molecular weight excluding hydrogens is 176 g/mol. The average molecular weight is 188 g/mol. The molecule has 74 valence electrons. The van der Waals surface area contributed by atoms with Gasteiger partial charge in [0.15, 0.2) is 0 Å². The van der Waals surface area contributed by atoms with Crippen molar-refractivity contribution in [2.45, 2.75) is 6.42 Å². The van der Waals surface area contributed by atoms with Crippen LogP contribution in [-0.2, 0) is 19.1 Å². The van der Waals surface area contributed by atoms with Crippen molar-refractivity contribution in [3.63, 3.8) is 0 Å². The number of carboxylic acids is 1. The fourth-order valence-electron chi connectivity index (χ4n) is 0.558. The van der Waals surface area contributed by atoms with Gasteiger partial charge >= 0.3 is 11.9 Å². The smallest absolute Gasteiger partial charge is 0.330 e. The maximum Gasteiger partial charge on any atom is 0.330 e. The van der Waals surface area contributed by atoms with Gasteiger partial charge in [0.2, 0.25) is 0 Å². The normalized spacial score (nSPS) is 10.2. The van der Waals surface area contributed by atoms with Gasteiger partial charge in [-0.15, -0.1) is 0 Å². The molecule has 5 heteroatoms. The topological polar surface area (TPSA) is 72.8 Å². The predicted octanol–water partition coefficient (Wildman–Crippen LogP) is 0.207. The summed E-state index contributed by atoms with van der Waals surface area (Å²) >= 11 is 0. The zero-order valence-corrected chi connectivity index (χ0v) is 7.36. The van der Waals surface area contributed by atoms with Crippen LogP contribution in [-0.4, -0.2) is 37.4 Å². The molecule has 0 aromatic rings. The van der Waals surface area contributed by atoms with E-state index in [1.807, 2.05) is 0 Å². The van der Waals surface area contributed by atoms with Crippen molar-refractivity contribution in [3.05, 3.63) is 12.2 Å². The van der Waals surface area contributed by atoms with Gasteiger partial charge in [-0.3, -0.25) is 0 Å². The van der Waals surface area contributed by atoms with Gasteiger partial charge in [0.1, 0.15) is 6.61 Å². The highest BCUT2D eigenvalue weighted by molar-refractivity contribution is 5.81. The summed E-state index contributed by atoms with van der Waals surface area (Å²) in [6.07, 6.45) is 3.32. The third-order valence-electron chi connectivity index (χ3n) is 1.11. The van der Waals surface area contributed by atoms with E-state index in [1.54, 1.807) is 6.08 Å². The van der Waals surface area contributed by atoms with Crippen LogP contribution in [0.3, 0.4) is 0 Å². The van der Waals surface area contributed by atoms with Crippen LogP contribution in [0.2, 0.25) is 0 Å². The van der Waals surface area contributed by atoms with E-state index in [0.717, 1.165) is 0 Å². The lowest BCUT2D eigenvalue weighted by Crippen LogP contribution is -2.07. The van der Waals surface area contributed by atoms with Crippen molar-refractivity contribution in [1.29, 1.82) is 0 Å². The number of methoxy groups -OCH3 is 1. The van der Waals surface area contributed by atoms with Gasteiger partial charge in [-0.05, 0) is 6.42 Å². The first-order valence-corrected chi connectivity index (χ1v) is 3.71. The molecule has 0 atom stereocenters. The standard InChI is InChI=1S/C8H12O5/c1-12-8(11)4-2-3-5-13-6-7(9)10/h2,4H,3,5-6H2,1H3,(H,9,10)/b4-2+. The molecule has 0 heterocycles. The second kappa shape index (κ2) is 7.30. The van der Waals surface area contributed by atoms with Gasteiger partial charge in [-0.2, -0.15) is 0 Å². The molecular formula is C8H12O5. The lowest BCUT2D eigenvalue weighted by Gasteiger charge is -1.96. The largest absolute Gasteiger partial charge is 0.480 e. The second-order valence-electron chi connectivity index (χ2n) is 2.16. The van der Waals surface area contributed by atoms with Crippen LogP contribution in [0.4, 0.5) is 0 Å². The van der Waals surface area contributed by atoms with Crippen molar-refractivity contribution in [2.24, 2.45) is 0 Å². The molecule has 0 rings (SSSR count). The molecule has 0 saturated heterocycles. The minimum atomic E-state index is -1.00. The predicted molar refractivity (Wildman–Crippen MR) is 44.2 cm³/mol. The number of rotatable bonds is 6. The molecule has 0 fully saturated rings. The van der Waals surface area contributed by atoms with Crippen LogP contribution >= 0.6 is 0 Å². The Morgan fingerprint density at radius 3 is 2.69 bits per heavy atom. The first-order chi connectivity index (χ1) is 6.16. The molecule has 0 aromatic carbocycles. The Morgan fingerprint density at radius 2 is 2.15 bits per heavy atom. The zero-order valence-electron chi connectivity index (χ0n) is 7.36. The number of hydrogen-bond donors (Lipinski definition) is 1. The fourth-order valence-corrected chi connectivity index (χ4v) is 0.558. The van der Waals surface area contributed by atoms with Crippen LogP contribution in [0.5, 0.6) is 0 Å². The maximum absolute atomic E-state index is 10.5. The summed E-state index contributed by atoms with van der Waals surface area (Å²) in [5.74, 6) is -1.44. The minimum Gasteiger partial charge on any atom is -0.480 e. The van der Waals surface area contributed by atoms with Gasteiger partial charge < -0.3 is 14.6 Å². The highest BCUT2D eigenvalue weighted by Gasteiger charge is 1.94. The van der Waals surface area contributed by atoms with Gasteiger partial charge in [-0.1, -0.05) is 6.08 Å². The highest BCUT2D eigenvalue weighted by Crippen LogP contribution is 1.86. The van der Waals surface area contributed by atoms with Crippen molar-refractivity contribution in [3.8, 4) is 0 Å². The molecule has 0 unspecified atom stereocenters. The van der Waals surface area contributed by atoms with E-state index in [9.17, 15) is 9.59 Å². The average Bonchev–Trinajstić information content (AvgIpc) is 2.10. The summed E-state index contributed by atoms with van der Waals surface area (Å²) in [6, 6.07) is 0. The molecule has 5 nitrogen and oxygen atoms in total. The van der Waals surface area contributed by atoms with E-state index < -0.39 is 11.9 Å². The molecule has 0 aliphatic rings. The van der Waals surface area contributed by atoms with Gasteiger partial charge in [0.05, 0.1) is 13.7 Å². The minimum absolute atomic E-state index is 0.278. The first kappa shape index (κ1) is 11.6. The molecule has 0 radical (unpaired) electrons. The zero-order chi connectivity index (χ0) is 10.1. The monoisotopic (exact) mass is 188 g/mol. The summed E-state index contributed by atoms with van der Waals surface area (Å²) in [5.41, 5.74) is 0. The van der Waals surface area contributed by atoms with Crippen LogP contribution in [0, 0.1) is 0 Å². The quantitative estimate of drug-likeness (QED) is 0.366. The molecule has 0 spiro atoms. The van der Waals surface area contributed by atoms with E-state index in [-0.39, 0.29) is 13.2 Å². The molecule has 13 heavy (non-hydrogen) atoms. The third kappa shape index (κ3) is 8.55. The molecule has 0 saturated carbocycles. The van der Waals surface area contributed by atoms with Crippen LogP contribution in [0.15, 0.2) is 12.2 Å². The number of carbonyl (C=O) groups excluding carboxylic acids is 1. The second-order valence-corrected chi connectivity index (χ2v) is 2.16. The summed E-state index contributed by atoms with van der Waals surface area (Å²) in [5, 5.41) is 8.18. The summed E-state index contributed by atoms with van der Waals surface area (Å²) in [6.45, 7) is -0.0359. The Labute approximate surface area is 75.9 Å². The Bertz CT molecular complexity index is 197. The number of ether oxygens (including phenoxy) is 2. The van der Waals surface area contributed by atoms with Crippen molar-refractivity contribution >= 4 is 11.9 Å². The van der Waals surface area contributed by atoms with E-state index in [4.69, 9.17) is 9.84 Å². The van der Waals surface area contributed by atoms with E-state index in [1.165, 1.54) is 13.2 Å². The fraction of sp³-hybridized carbons (Fsp3) is 0.500. The number of hydrogen-bond acceptors (Lipinski definition) is 4. The van der Waals surface area contributed by atoms with Crippen LogP contribution in [0.25, 0.3) is 0 Å². The van der Waals surface area contributed by atoms with Gasteiger partial charge in [-0.25, -0.2) is 9.59 Å². The Morgan fingerprint density at radius 1 is 1.46 bits per heavy atom. The first-order valence-electron chi connectivity index (χ1n) is 3.71. The van der Waals surface area contributed by atoms with E-state index in [0.29, 0.717) is 6.42 Å².